The second-order valence-corrected chi connectivity index (χ2v) is 7.20. The molecule has 0 radical (unpaired) electrons. The number of aryl methyl sites for hydroxylation is 2. The fourth-order valence-electron chi connectivity index (χ4n) is 2.75. The predicted octanol–water partition coefficient (Wildman–Crippen LogP) is 3.36. The molecule has 0 atom stereocenters. The highest BCUT2D eigenvalue weighted by Crippen LogP contribution is 2.31. The average Bonchev–Trinajstić information content (AvgIpc) is 3.12. The van der Waals surface area contributed by atoms with Crippen LogP contribution in [-0.2, 0) is 13.5 Å². The minimum atomic E-state index is -1.43. The number of hydrogen-bond acceptors (Lipinski definition) is 5. The molecule has 0 spiro atoms. The number of rotatable bonds is 4. The third-order valence-corrected chi connectivity index (χ3v) is 5.09. The number of aliphatic hydroxyl groups excluding tert-OH is 1. The van der Waals surface area contributed by atoms with E-state index >= 15 is 0 Å². The van der Waals surface area contributed by atoms with E-state index in [1.165, 1.54) is 29.4 Å². The number of methoxy groups -OCH3 is 1. The number of ether oxygens (including phenoxy) is 1. The summed E-state index contributed by atoms with van der Waals surface area (Å²) in [5, 5.41) is 19.0. The second-order valence-electron chi connectivity index (χ2n) is 5.88. The number of carbonyl (C=O) groups is 1. The number of hydrogen-bond donors (Lipinski definition) is 2. The molecule has 2 aromatic heterocycles. The van der Waals surface area contributed by atoms with Gasteiger partial charge in [-0.15, -0.1) is 11.3 Å². The molecule has 0 saturated carbocycles. The number of fused-ring (bicyclic) bond motifs is 1. The van der Waals surface area contributed by atoms with Gasteiger partial charge in [-0.25, -0.2) is 4.39 Å². The zero-order valence-corrected chi connectivity index (χ0v) is 15.9. The number of thiophene rings is 1. The lowest BCUT2D eigenvalue weighted by Gasteiger charge is -2.05. The van der Waals surface area contributed by atoms with Gasteiger partial charge in [0.2, 0.25) is 0 Å². The summed E-state index contributed by atoms with van der Waals surface area (Å²) in [6.07, 6.45) is -0.444. The van der Waals surface area contributed by atoms with Gasteiger partial charge in [-0.3, -0.25) is 4.79 Å². The fourth-order valence-corrected chi connectivity index (χ4v) is 3.45. The van der Waals surface area contributed by atoms with Gasteiger partial charge in [0.1, 0.15) is 0 Å². The van der Waals surface area contributed by atoms with Gasteiger partial charge in [0.25, 0.3) is 0 Å². The molecular formula is C19H22FNO4S. The molecule has 0 aliphatic rings. The van der Waals surface area contributed by atoms with E-state index in [1.54, 1.807) is 6.07 Å². The van der Waals surface area contributed by atoms with E-state index in [9.17, 15) is 9.18 Å². The molecule has 2 heterocycles. The summed E-state index contributed by atoms with van der Waals surface area (Å²) in [6, 6.07) is 6.76. The summed E-state index contributed by atoms with van der Waals surface area (Å²) in [7, 11) is 3.22. The van der Waals surface area contributed by atoms with Crippen molar-refractivity contribution in [2.45, 2.75) is 26.6 Å². The van der Waals surface area contributed by atoms with Gasteiger partial charge in [-0.1, -0.05) is 0 Å². The molecule has 0 amide bonds. The molecule has 3 aromatic rings. The SMILES string of the molecule is COc1cc2c(CC(O)O)c(C)n(C)c2cc1F.Cc1ccc(C=O)s1. The quantitative estimate of drug-likeness (QED) is 0.539. The summed E-state index contributed by atoms with van der Waals surface area (Å²) in [5.41, 5.74) is 2.38. The lowest BCUT2D eigenvalue weighted by atomic mass is 10.1. The van der Waals surface area contributed by atoms with Crippen molar-refractivity contribution in [3.8, 4) is 5.75 Å². The number of carbonyl (C=O) groups excluding carboxylic acids is 1. The van der Waals surface area contributed by atoms with E-state index in [1.807, 2.05) is 37.6 Å². The first-order valence-corrected chi connectivity index (χ1v) is 8.79. The van der Waals surface area contributed by atoms with Crippen molar-refractivity contribution in [2.75, 3.05) is 7.11 Å². The van der Waals surface area contributed by atoms with Gasteiger partial charge in [0.15, 0.2) is 24.1 Å². The highest BCUT2D eigenvalue weighted by atomic mass is 32.1. The van der Waals surface area contributed by atoms with Crippen LogP contribution < -0.4 is 4.74 Å². The van der Waals surface area contributed by atoms with Crippen LogP contribution in [0.4, 0.5) is 4.39 Å². The molecule has 1 aromatic carbocycles. The molecule has 5 nitrogen and oxygen atoms in total. The van der Waals surface area contributed by atoms with Crippen molar-refractivity contribution >= 4 is 28.5 Å². The number of aliphatic hydroxyl groups is 2. The van der Waals surface area contributed by atoms with Crippen LogP contribution in [0.25, 0.3) is 10.9 Å². The molecule has 0 bridgehead atoms. The number of aldehydes is 1. The van der Waals surface area contributed by atoms with Crippen LogP contribution in [0.3, 0.4) is 0 Å². The van der Waals surface area contributed by atoms with Gasteiger partial charge in [-0.2, -0.15) is 0 Å². The minimum Gasteiger partial charge on any atom is -0.494 e. The molecule has 0 aliphatic carbocycles. The highest BCUT2D eigenvalue weighted by molar-refractivity contribution is 7.13. The number of nitrogens with zero attached hydrogens (tertiary/aromatic N) is 1. The second kappa shape index (κ2) is 8.44. The summed E-state index contributed by atoms with van der Waals surface area (Å²) in [4.78, 5) is 12.0. The fraction of sp³-hybridized carbons (Fsp3) is 0.316. The third kappa shape index (κ3) is 4.30. The van der Waals surface area contributed by atoms with Gasteiger partial charge in [0.05, 0.1) is 17.5 Å². The van der Waals surface area contributed by atoms with Crippen LogP contribution in [0.15, 0.2) is 24.3 Å². The molecular weight excluding hydrogens is 357 g/mol. The lowest BCUT2D eigenvalue weighted by Crippen LogP contribution is -2.09. The third-order valence-electron chi connectivity index (χ3n) is 4.16. The molecule has 7 heteroatoms. The Hall–Kier alpha value is -2.22. The molecule has 140 valence electrons. The topological polar surface area (TPSA) is 71.7 Å². The van der Waals surface area contributed by atoms with E-state index in [-0.39, 0.29) is 12.2 Å². The summed E-state index contributed by atoms with van der Waals surface area (Å²) in [6.45, 7) is 3.85. The Kier molecular flexibility index (Phi) is 6.52. The van der Waals surface area contributed by atoms with Crippen LogP contribution in [0.1, 0.15) is 25.8 Å². The van der Waals surface area contributed by atoms with E-state index in [4.69, 9.17) is 14.9 Å². The van der Waals surface area contributed by atoms with Crippen molar-refractivity contribution in [2.24, 2.45) is 7.05 Å². The van der Waals surface area contributed by atoms with Crippen molar-refractivity contribution in [3.05, 3.63) is 51.1 Å². The lowest BCUT2D eigenvalue weighted by molar-refractivity contribution is -0.0380. The Morgan fingerprint density at radius 3 is 2.46 bits per heavy atom. The maximum absolute atomic E-state index is 13.7. The Balaban J connectivity index is 0.000000254. The Morgan fingerprint density at radius 1 is 1.31 bits per heavy atom. The van der Waals surface area contributed by atoms with E-state index in [2.05, 4.69) is 0 Å². The van der Waals surface area contributed by atoms with Crippen molar-refractivity contribution in [3.63, 3.8) is 0 Å². The maximum atomic E-state index is 13.7. The smallest absolute Gasteiger partial charge is 0.167 e. The Bertz CT molecular complexity index is 914. The van der Waals surface area contributed by atoms with Crippen molar-refractivity contribution < 1.29 is 24.1 Å². The van der Waals surface area contributed by atoms with Crippen LogP contribution in [-0.4, -0.2) is 34.5 Å². The normalized spacial score (nSPS) is 10.8. The number of benzene rings is 1. The summed E-state index contributed by atoms with van der Waals surface area (Å²) < 4.78 is 20.4. The first-order valence-electron chi connectivity index (χ1n) is 7.97. The van der Waals surface area contributed by atoms with Crippen LogP contribution >= 0.6 is 11.3 Å². The average molecular weight is 379 g/mol. The Morgan fingerprint density at radius 2 is 2.00 bits per heavy atom. The molecule has 2 N–H and O–H groups in total. The molecule has 0 saturated heterocycles. The van der Waals surface area contributed by atoms with Crippen LogP contribution in [0.2, 0.25) is 0 Å². The van der Waals surface area contributed by atoms with Crippen molar-refractivity contribution in [1.29, 1.82) is 0 Å². The summed E-state index contributed by atoms with van der Waals surface area (Å²) >= 11 is 1.52. The maximum Gasteiger partial charge on any atom is 0.167 e. The zero-order chi connectivity index (χ0) is 19.4. The first kappa shape index (κ1) is 20.1. The van der Waals surface area contributed by atoms with Gasteiger partial charge in [0, 0.05) is 35.5 Å². The monoisotopic (exact) mass is 379 g/mol. The summed E-state index contributed by atoms with van der Waals surface area (Å²) in [5.74, 6) is -0.275. The molecule has 0 unspecified atom stereocenters. The van der Waals surface area contributed by atoms with Crippen LogP contribution in [0.5, 0.6) is 5.75 Å². The van der Waals surface area contributed by atoms with Gasteiger partial charge < -0.3 is 19.5 Å². The predicted molar refractivity (Wildman–Crippen MR) is 101 cm³/mol. The largest absolute Gasteiger partial charge is 0.494 e. The molecule has 0 fully saturated rings. The van der Waals surface area contributed by atoms with E-state index < -0.39 is 12.1 Å². The van der Waals surface area contributed by atoms with E-state index in [0.29, 0.717) is 5.52 Å². The van der Waals surface area contributed by atoms with E-state index in [0.717, 1.165) is 27.8 Å². The molecule has 3 rings (SSSR count). The zero-order valence-electron chi connectivity index (χ0n) is 15.1. The molecule has 0 aliphatic heterocycles. The van der Waals surface area contributed by atoms with Gasteiger partial charge >= 0.3 is 0 Å². The Labute approximate surface area is 155 Å². The number of aromatic nitrogens is 1. The first-order chi connectivity index (χ1) is 12.3. The molecule has 26 heavy (non-hydrogen) atoms. The van der Waals surface area contributed by atoms with Gasteiger partial charge in [-0.05, 0) is 37.6 Å². The highest BCUT2D eigenvalue weighted by Gasteiger charge is 2.17. The van der Waals surface area contributed by atoms with Crippen LogP contribution in [0, 0.1) is 19.7 Å². The minimum absolute atomic E-state index is 0.109. The van der Waals surface area contributed by atoms with Crippen molar-refractivity contribution in [1.82, 2.24) is 4.57 Å². The number of halogens is 1. The standard InChI is InChI=1S/C13H16FNO3.C6H6OS/c1-7-8(5-13(16)17)9-4-12(18-3)10(14)6-11(9)15(7)2;1-5-2-3-6(4-7)8-5/h4,6,13,16-17H,5H2,1-3H3;2-4H,1H3.